The number of esters is 1. The number of anilines is 1. The molecule has 1 aliphatic carbocycles. The Hall–Kier alpha value is -2.37. The number of nitrogens with one attached hydrogen (secondary N) is 2. The molecular formula is C18H24N2O4. The highest BCUT2D eigenvalue weighted by Gasteiger charge is 2.48. The molecule has 6 heteroatoms. The zero-order valence-corrected chi connectivity index (χ0v) is 14.3. The van der Waals surface area contributed by atoms with E-state index in [0.717, 1.165) is 6.42 Å². The number of benzene rings is 1. The Morgan fingerprint density at radius 3 is 2.50 bits per heavy atom. The topological polar surface area (TPSA) is 84.5 Å². The minimum Gasteiger partial charge on any atom is -0.465 e. The average Bonchev–Trinajstić information content (AvgIpc) is 3.35. The summed E-state index contributed by atoms with van der Waals surface area (Å²) in [7, 11) is 1.29. The molecule has 1 saturated carbocycles. The van der Waals surface area contributed by atoms with E-state index in [1.165, 1.54) is 7.11 Å². The van der Waals surface area contributed by atoms with Crippen molar-refractivity contribution in [2.75, 3.05) is 19.0 Å². The Kier molecular flexibility index (Phi) is 5.95. The number of amides is 2. The third-order valence-electron chi connectivity index (χ3n) is 4.08. The largest absolute Gasteiger partial charge is 0.465 e. The van der Waals surface area contributed by atoms with E-state index in [4.69, 9.17) is 4.74 Å². The van der Waals surface area contributed by atoms with Crippen molar-refractivity contribution in [1.29, 1.82) is 0 Å². The Morgan fingerprint density at radius 1 is 1.17 bits per heavy atom. The molecule has 0 spiro atoms. The number of carbonyl (C=O) groups is 3. The normalized spacial score (nSPS) is 18.8. The first-order valence-corrected chi connectivity index (χ1v) is 8.20. The summed E-state index contributed by atoms with van der Waals surface area (Å²) in [5.41, 5.74) is 0.701. The quantitative estimate of drug-likeness (QED) is 0.750. The third kappa shape index (κ3) is 4.57. The Bertz CT molecular complexity index is 627. The maximum atomic E-state index is 12.3. The summed E-state index contributed by atoms with van der Waals surface area (Å²) in [6.45, 7) is 4.82. The van der Waals surface area contributed by atoms with E-state index in [0.29, 0.717) is 30.1 Å². The van der Waals surface area contributed by atoms with Gasteiger partial charge in [-0.1, -0.05) is 26.0 Å². The molecule has 2 rings (SSSR count). The standard InChI is InChI=1S/C18H24N2O4/c1-11(2)8-9-19-16(21)13-10-14(13)17(22)20-15-7-5-4-6-12(15)18(23)24-3/h4-7,11,13-14H,8-10H2,1-3H3,(H,19,21)(H,20,22). The number of ether oxygens (including phenoxy) is 1. The van der Waals surface area contributed by atoms with Gasteiger partial charge in [-0.3, -0.25) is 9.59 Å². The summed E-state index contributed by atoms with van der Waals surface area (Å²) in [4.78, 5) is 36.0. The summed E-state index contributed by atoms with van der Waals surface area (Å²) < 4.78 is 4.70. The van der Waals surface area contributed by atoms with Crippen molar-refractivity contribution in [1.82, 2.24) is 5.32 Å². The van der Waals surface area contributed by atoms with Crippen molar-refractivity contribution < 1.29 is 19.1 Å². The van der Waals surface area contributed by atoms with E-state index in [2.05, 4.69) is 24.5 Å². The first-order valence-electron chi connectivity index (χ1n) is 8.20. The number of carbonyl (C=O) groups excluding carboxylic acids is 3. The molecule has 2 unspecified atom stereocenters. The second-order valence-electron chi connectivity index (χ2n) is 6.45. The van der Waals surface area contributed by atoms with Crippen LogP contribution in [-0.2, 0) is 14.3 Å². The lowest BCUT2D eigenvalue weighted by Crippen LogP contribution is -2.29. The first kappa shape index (κ1) is 18.0. The van der Waals surface area contributed by atoms with Crippen molar-refractivity contribution in [3.8, 4) is 0 Å². The molecule has 0 heterocycles. The molecule has 24 heavy (non-hydrogen) atoms. The predicted octanol–water partition coefficient (Wildman–Crippen LogP) is 2.21. The number of hydrogen-bond donors (Lipinski definition) is 2. The van der Waals surface area contributed by atoms with Crippen LogP contribution in [-0.4, -0.2) is 31.4 Å². The monoisotopic (exact) mass is 332 g/mol. The molecule has 130 valence electrons. The molecule has 0 saturated heterocycles. The van der Waals surface area contributed by atoms with Crippen molar-refractivity contribution in [3.63, 3.8) is 0 Å². The first-order chi connectivity index (χ1) is 11.4. The fourth-order valence-corrected chi connectivity index (χ4v) is 2.50. The SMILES string of the molecule is COC(=O)c1ccccc1NC(=O)C1CC1C(=O)NCCC(C)C. The van der Waals surface area contributed by atoms with Gasteiger partial charge in [-0.2, -0.15) is 0 Å². The van der Waals surface area contributed by atoms with Crippen LogP contribution in [0.15, 0.2) is 24.3 Å². The summed E-state index contributed by atoms with van der Waals surface area (Å²) in [5, 5.41) is 5.60. The number of methoxy groups -OCH3 is 1. The van der Waals surface area contributed by atoms with Gasteiger partial charge in [-0.15, -0.1) is 0 Å². The fraction of sp³-hybridized carbons (Fsp3) is 0.500. The molecule has 1 aliphatic rings. The van der Waals surface area contributed by atoms with E-state index in [1.54, 1.807) is 24.3 Å². The lowest BCUT2D eigenvalue weighted by molar-refractivity contribution is -0.125. The lowest BCUT2D eigenvalue weighted by Gasteiger charge is -2.10. The van der Waals surface area contributed by atoms with Gasteiger partial charge in [-0.25, -0.2) is 4.79 Å². The van der Waals surface area contributed by atoms with Gasteiger partial charge in [0.1, 0.15) is 0 Å². The molecule has 2 amide bonds. The molecular weight excluding hydrogens is 308 g/mol. The van der Waals surface area contributed by atoms with Gasteiger partial charge in [0.15, 0.2) is 0 Å². The van der Waals surface area contributed by atoms with Gasteiger partial charge in [0, 0.05) is 6.54 Å². The molecule has 0 bridgehead atoms. The van der Waals surface area contributed by atoms with Crippen molar-refractivity contribution >= 4 is 23.5 Å². The van der Waals surface area contributed by atoms with Crippen molar-refractivity contribution in [2.45, 2.75) is 26.7 Å². The zero-order chi connectivity index (χ0) is 17.7. The highest BCUT2D eigenvalue weighted by atomic mass is 16.5. The second-order valence-corrected chi connectivity index (χ2v) is 6.45. The number of para-hydroxylation sites is 1. The smallest absolute Gasteiger partial charge is 0.339 e. The number of hydrogen-bond acceptors (Lipinski definition) is 4. The molecule has 0 radical (unpaired) electrons. The third-order valence-corrected chi connectivity index (χ3v) is 4.08. The van der Waals surface area contributed by atoms with Gasteiger partial charge in [0.05, 0.1) is 30.2 Å². The van der Waals surface area contributed by atoms with Gasteiger partial charge in [0.25, 0.3) is 0 Å². The highest BCUT2D eigenvalue weighted by Crippen LogP contribution is 2.39. The minimum atomic E-state index is -0.510. The summed E-state index contributed by atoms with van der Waals surface area (Å²) in [6, 6.07) is 6.66. The van der Waals surface area contributed by atoms with Gasteiger partial charge < -0.3 is 15.4 Å². The van der Waals surface area contributed by atoms with Crippen molar-refractivity contribution in [3.05, 3.63) is 29.8 Å². The summed E-state index contributed by atoms with van der Waals surface area (Å²) in [6.07, 6.45) is 1.46. The van der Waals surface area contributed by atoms with Crippen LogP contribution in [0.5, 0.6) is 0 Å². The summed E-state index contributed by atoms with van der Waals surface area (Å²) in [5.74, 6) is -0.910. The van der Waals surface area contributed by atoms with E-state index in [-0.39, 0.29) is 23.7 Å². The molecule has 6 nitrogen and oxygen atoms in total. The molecule has 1 aromatic rings. The maximum Gasteiger partial charge on any atom is 0.339 e. The Morgan fingerprint density at radius 2 is 1.83 bits per heavy atom. The van der Waals surface area contributed by atoms with Crippen LogP contribution in [0.3, 0.4) is 0 Å². The van der Waals surface area contributed by atoms with Crippen LogP contribution < -0.4 is 10.6 Å². The zero-order valence-electron chi connectivity index (χ0n) is 14.3. The van der Waals surface area contributed by atoms with Crippen LogP contribution >= 0.6 is 0 Å². The Labute approximate surface area is 142 Å². The van der Waals surface area contributed by atoms with Gasteiger partial charge >= 0.3 is 5.97 Å². The molecule has 2 atom stereocenters. The Balaban J connectivity index is 1.89. The van der Waals surface area contributed by atoms with Gasteiger partial charge in [-0.05, 0) is 30.9 Å². The van der Waals surface area contributed by atoms with Crippen LogP contribution in [0, 0.1) is 17.8 Å². The minimum absolute atomic E-state index is 0.0722. The van der Waals surface area contributed by atoms with Crippen LogP contribution in [0.2, 0.25) is 0 Å². The highest BCUT2D eigenvalue weighted by molar-refractivity contribution is 6.04. The van der Waals surface area contributed by atoms with E-state index in [1.807, 2.05) is 0 Å². The lowest BCUT2D eigenvalue weighted by atomic mass is 10.1. The van der Waals surface area contributed by atoms with Crippen LogP contribution in [0.25, 0.3) is 0 Å². The molecule has 0 aliphatic heterocycles. The molecule has 1 aromatic carbocycles. The molecule has 2 N–H and O–H groups in total. The van der Waals surface area contributed by atoms with E-state index >= 15 is 0 Å². The van der Waals surface area contributed by atoms with E-state index in [9.17, 15) is 14.4 Å². The number of rotatable bonds is 7. The van der Waals surface area contributed by atoms with Crippen LogP contribution in [0.4, 0.5) is 5.69 Å². The molecule has 0 aromatic heterocycles. The van der Waals surface area contributed by atoms with Crippen molar-refractivity contribution in [2.24, 2.45) is 17.8 Å². The van der Waals surface area contributed by atoms with E-state index < -0.39 is 5.97 Å². The summed E-state index contributed by atoms with van der Waals surface area (Å²) >= 11 is 0. The average molecular weight is 332 g/mol. The van der Waals surface area contributed by atoms with Crippen LogP contribution in [0.1, 0.15) is 37.0 Å². The predicted molar refractivity (Wildman–Crippen MR) is 90.5 cm³/mol. The molecule has 1 fully saturated rings. The fourth-order valence-electron chi connectivity index (χ4n) is 2.50. The maximum absolute atomic E-state index is 12.3. The van der Waals surface area contributed by atoms with Gasteiger partial charge in [0.2, 0.25) is 11.8 Å². The second kappa shape index (κ2) is 7.95.